The summed E-state index contributed by atoms with van der Waals surface area (Å²) in [5.41, 5.74) is 8.77. The molecule has 1 rings (SSSR count). The van der Waals surface area contributed by atoms with E-state index in [9.17, 15) is 20.2 Å². The van der Waals surface area contributed by atoms with Gasteiger partial charge in [0, 0.05) is 17.8 Å². The molecular weight excluding hydrogens is 192 g/mol. The Morgan fingerprint density at radius 1 is 1.00 bits per heavy atom. The van der Waals surface area contributed by atoms with Crippen LogP contribution in [0.25, 0.3) is 0 Å². The molecule has 0 radical (unpaired) electrons. The minimum Gasteiger partial charge on any atom is -0.398 e. The number of hydrogen-bond donors (Lipinski definition) is 2. The number of rotatable bonds is 2. The van der Waals surface area contributed by atoms with Crippen LogP contribution >= 0.6 is 0 Å². The van der Waals surface area contributed by atoms with Gasteiger partial charge in [-0.3, -0.25) is 20.2 Å². The molecule has 8 heteroatoms. The van der Waals surface area contributed by atoms with Crippen molar-refractivity contribution < 1.29 is 9.85 Å². The van der Waals surface area contributed by atoms with E-state index in [1.807, 2.05) is 0 Å². The highest BCUT2D eigenvalue weighted by atomic mass is 16.6. The number of nitrogens with two attached hydrogens (primary N) is 2. The SMILES string of the molecule is Nc1cc([N+](=O)[O-])c(N)c([N+](=O)[O-])c1. The average molecular weight is 198 g/mol. The van der Waals surface area contributed by atoms with E-state index in [0.29, 0.717) is 0 Å². The van der Waals surface area contributed by atoms with Crippen LogP contribution in [-0.4, -0.2) is 9.85 Å². The minimum atomic E-state index is -0.821. The van der Waals surface area contributed by atoms with E-state index in [0.717, 1.165) is 12.1 Å². The van der Waals surface area contributed by atoms with E-state index >= 15 is 0 Å². The Kier molecular flexibility index (Phi) is 2.19. The normalized spacial score (nSPS) is 9.71. The first kappa shape index (κ1) is 9.71. The number of nitro benzene ring substituents is 2. The maximum absolute atomic E-state index is 10.4. The van der Waals surface area contributed by atoms with Crippen LogP contribution in [0.3, 0.4) is 0 Å². The number of hydrogen-bond acceptors (Lipinski definition) is 6. The van der Waals surface area contributed by atoms with Crippen LogP contribution in [0.15, 0.2) is 12.1 Å². The first-order valence-corrected chi connectivity index (χ1v) is 3.41. The molecule has 14 heavy (non-hydrogen) atoms. The molecule has 0 spiro atoms. The molecule has 0 heterocycles. The number of benzene rings is 1. The molecular formula is C6H6N4O4. The monoisotopic (exact) mass is 198 g/mol. The second-order valence-corrected chi connectivity index (χ2v) is 2.49. The molecule has 1 aromatic rings. The highest BCUT2D eigenvalue weighted by molar-refractivity contribution is 5.75. The van der Waals surface area contributed by atoms with Crippen molar-refractivity contribution in [1.82, 2.24) is 0 Å². The molecule has 0 saturated heterocycles. The van der Waals surface area contributed by atoms with Gasteiger partial charge in [-0.1, -0.05) is 0 Å². The van der Waals surface area contributed by atoms with Gasteiger partial charge < -0.3 is 11.5 Å². The maximum Gasteiger partial charge on any atom is 0.301 e. The van der Waals surface area contributed by atoms with E-state index < -0.39 is 26.9 Å². The Morgan fingerprint density at radius 2 is 1.36 bits per heavy atom. The van der Waals surface area contributed by atoms with Crippen molar-refractivity contribution >= 4 is 22.7 Å². The first-order valence-electron chi connectivity index (χ1n) is 3.41. The van der Waals surface area contributed by atoms with Crippen molar-refractivity contribution in [3.63, 3.8) is 0 Å². The molecule has 74 valence electrons. The molecule has 0 atom stereocenters. The largest absolute Gasteiger partial charge is 0.398 e. The van der Waals surface area contributed by atoms with Crippen LogP contribution in [-0.2, 0) is 0 Å². The molecule has 0 aliphatic heterocycles. The lowest BCUT2D eigenvalue weighted by molar-refractivity contribution is -0.392. The van der Waals surface area contributed by atoms with Gasteiger partial charge in [-0.15, -0.1) is 0 Å². The summed E-state index contributed by atoms with van der Waals surface area (Å²) in [6.07, 6.45) is 0. The van der Waals surface area contributed by atoms with Crippen LogP contribution in [0.5, 0.6) is 0 Å². The number of nitro groups is 2. The van der Waals surface area contributed by atoms with Crippen molar-refractivity contribution in [2.45, 2.75) is 0 Å². The number of nitrogens with zero attached hydrogens (tertiary/aromatic N) is 2. The summed E-state index contributed by atoms with van der Waals surface area (Å²) in [5, 5.41) is 20.8. The molecule has 0 aliphatic rings. The molecule has 0 aromatic heterocycles. The van der Waals surface area contributed by atoms with Crippen LogP contribution in [0.2, 0.25) is 0 Å². The number of anilines is 2. The van der Waals surface area contributed by atoms with E-state index in [1.54, 1.807) is 0 Å². The van der Waals surface area contributed by atoms with Crippen LogP contribution in [0.1, 0.15) is 0 Å². The summed E-state index contributed by atoms with van der Waals surface area (Å²) >= 11 is 0. The van der Waals surface area contributed by atoms with Gasteiger partial charge in [0.2, 0.25) is 0 Å². The fourth-order valence-electron chi connectivity index (χ4n) is 0.946. The zero-order chi connectivity index (χ0) is 10.9. The molecule has 0 unspecified atom stereocenters. The molecule has 0 fully saturated rings. The second kappa shape index (κ2) is 3.17. The fraction of sp³-hybridized carbons (Fsp3) is 0. The van der Waals surface area contributed by atoms with Crippen LogP contribution in [0, 0.1) is 20.2 Å². The Labute approximate surface area is 77.4 Å². The summed E-state index contributed by atoms with van der Waals surface area (Å²) in [6, 6.07) is 1.95. The lowest BCUT2D eigenvalue weighted by Gasteiger charge is -1.99. The molecule has 0 saturated carbocycles. The Balaban J connectivity index is 3.47. The van der Waals surface area contributed by atoms with E-state index in [4.69, 9.17) is 11.5 Å². The Morgan fingerprint density at radius 3 is 1.64 bits per heavy atom. The third-order valence-corrected chi connectivity index (χ3v) is 1.55. The highest BCUT2D eigenvalue weighted by Crippen LogP contribution is 2.33. The first-order chi connectivity index (χ1) is 6.43. The van der Waals surface area contributed by atoms with E-state index in [-0.39, 0.29) is 5.69 Å². The highest BCUT2D eigenvalue weighted by Gasteiger charge is 2.23. The van der Waals surface area contributed by atoms with Gasteiger partial charge in [-0.05, 0) is 0 Å². The van der Waals surface area contributed by atoms with Gasteiger partial charge in [0.05, 0.1) is 9.85 Å². The predicted molar refractivity (Wildman–Crippen MR) is 48.6 cm³/mol. The standard InChI is InChI=1S/C6H6N4O4/c7-3-1-4(9(11)12)6(8)5(2-3)10(13)14/h1-2H,7-8H2. The third kappa shape index (κ3) is 1.53. The summed E-state index contributed by atoms with van der Waals surface area (Å²) in [7, 11) is 0. The molecule has 0 amide bonds. The predicted octanol–water partition coefficient (Wildman–Crippen LogP) is 0.667. The fourth-order valence-corrected chi connectivity index (χ4v) is 0.946. The molecule has 4 N–H and O–H groups in total. The topological polar surface area (TPSA) is 138 Å². The van der Waals surface area contributed by atoms with Gasteiger partial charge >= 0.3 is 11.4 Å². The van der Waals surface area contributed by atoms with Crippen molar-refractivity contribution in [2.75, 3.05) is 11.5 Å². The van der Waals surface area contributed by atoms with Crippen LogP contribution < -0.4 is 11.5 Å². The molecule has 8 nitrogen and oxygen atoms in total. The lowest BCUT2D eigenvalue weighted by atomic mass is 10.2. The molecule has 1 aromatic carbocycles. The third-order valence-electron chi connectivity index (χ3n) is 1.55. The quantitative estimate of drug-likeness (QED) is 0.406. The zero-order valence-electron chi connectivity index (χ0n) is 6.84. The van der Waals surface area contributed by atoms with E-state index in [1.165, 1.54) is 0 Å². The van der Waals surface area contributed by atoms with Crippen molar-refractivity contribution in [3.8, 4) is 0 Å². The molecule has 0 bridgehead atoms. The van der Waals surface area contributed by atoms with Gasteiger partial charge in [-0.2, -0.15) is 0 Å². The van der Waals surface area contributed by atoms with E-state index in [2.05, 4.69) is 0 Å². The van der Waals surface area contributed by atoms with Gasteiger partial charge in [0.1, 0.15) is 0 Å². The Hall–Kier alpha value is -2.38. The van der Waals surface area contributed by atoms with Crippen molar-refractivity contribution in [1.29, 1.82) is 0 Å². The summed E-state index contributed by atoms with van der Waals surface area (Å²) < 4.78 is 0. The zero-order valence-corrected chi connectivity index (χ0v) is 6.84. The van der Waals surface area contributed by atoms with Crippen LogP contribution in [0.4, 0.5) is 22.7 Å². The maximum atomic E-state index is 10.4. The lowest BCUT2D eigenvalue weighted by Crippen LogP contribution is -2.02. The van der Waals surface area contributed by atoms with Gasteiger partial charge in [-0.25, -0.2) is 0 Å². The number of nitrogen functional groups attached to an aromatic ring is 2. The molecule has 0 aliphatic carbocycles. The van der Waals surface area contributed by atoms with Gasteiger partial charge in [0.15, 0.2) is 5.69 Å². The summed E-state index contributed by atoms with van der Waals surface area (Å²) in [4.78, 5) is 19.2. The smallest absolute Gasteiger partial charge is 0.301 e. The minimum absolute atomic E-state index is 0.0717. The Bertz CT molecular complexity index is 381. The van der Waals surface area contributed by atoms with Crippen molar-refractivity contribution in [3.05, 3.63) is 32.4 Å². The summed E-state index contributed by atoms with van der Waals surface area (Å²) in [5.74, 6) is 0. The summed E-state index contributed by atoms with van der Waals surface area (Å²) in [6.45, 7) is 0. The van der Waals surface area contributed by atoms with Gasteiger partial charge in [0.25, 0.3) is 0 Å². The average Bonchev–Trinajstić information content (AvgIpc) is 2.07. The van der Waals surface area contributed by atoms with Crippen molar-refractivity contribution in [2.24, 2.45) is 0 Å². The second-order valence-electron chi connectivity index (χ2n) is 2.49.